The molecule has 2 rings (SSSR count). The molecule has 1 aliphatic carbocycles. The van der Waals surface area contributed by atoms with Gasteiger partial charge in [0.05, 0.1) is 0 Å². The Kier molecular flexibility index (Phi) is 8.94. The zero-order valence-corrected chi connectivity index (χ0v) is 14.3. The molecule has 0 saturated heterocycles. The van der Waals surface area contributed by atoms with Gasteiger partial charge in [0.15, 0.2) is 0 Å². The lowest BCUT2D eigenvalue weighted by atomic mass is 9.85. The molecule has 0 radical (unpaired) electrons. The summed E-state index contributed by atoms with van der Waals surface area (Å²) in [7, 11) is 0. The molecule has 0 aromatic heterocycles. The molecule has 1 aliphatic rings. The number of hydrogen-bond acceptors (Lipinski definition) is 5. The number of benzene rings is 1. The fourth-order valence-corrected chi connectivity index (χ4v) is 2.86. The van der Waals surface area contributed by atoms with Gasteiger partial charge in [-0.2, -0.15) is 0 Å². The first-order valence-electron chi connectivity index (χ1n) is 8.54. The lowest BCUT2D eigenvalue weighted by Crippen LogP contribution is -2.32. The number of phenolic OH excluding ortho intramolecular Hbond substituents is 1. The highest BCUT2D eigenvalue weighted by Crippen LogP contribution is 2.26. The molecule has 1 aromatic rings. The van der Waals surface area contributed by atoms with Crippen molar-refractivity contribution in [2.24, 2.45) is 17.4 Å². The van der Waals surface area contributed by atoms with Crippen molar-refractivity contribution in [2.45, 2.75) is 57.0 Å². The number of aromatic hydroxyl groups is 1. The molecule has 7 N–H and O–H groups in total. The van der Waals surface area contributed by atoms with Crippen LogP contribution in [0.4, 0.5) is 0 Å². The highest BCUT2D eigenvalue weighted by atomic mass is 16.4. The van der Waals surface area contributed by atoms with E-state index < -0.39 is 24.0 Å². The van der Waals surface area contributed by atoms with Gasteiger partial charge in [-0.05, 0) is 36.5 Å². The standard InChI is InChI=1S/C9H11NO3.C9H17NO2/c10-8(9(12)13)5-6-1-3-7(11)4-2-6;10-8(9(11)12)6-7-4-2-1-3-5-7/h1-4,8,11H,5,10H2,(H,12,13);7-8H,1-6,10H2,(H,11,12)/t8-;/m0./s1. The number of rotatable bonds is 6. The first-order chi connectivity index (χ1) is 11.8. The molecule has 0 amide bonds. The van der Waals surface area contributed by atoms with Crippen LogP contribution in [-0.2, 0) is 16.0 Å². The van der Waals surface area contributed by atoms with Gasteiger partial charge in [-0.15, -0.1) is 0 Å². The molecule has 0 heterocycles. The molecule has 7 heteroatoms. The van der Waals surface area contributed by atoms with Gasteiger partial charge in [-0.3, -0.25) is 9.59 Å². The highest BCUT2D eigenvalue weighted by Gasteiger charge is 2.20. The van der Waals surface area contributed by atoms with E-state index in [2.05, 4.69) is 0 Å². The maximum absolute atomic E-state index is 10.4. The summed E-state index contributed by atoms with van der Waals surface area (Å²) in [6, 6.07) is 4.78. The summed E-state index contributed by atoms with van der Waals surface area (Å²) in [6.45, 7) is 0. The minimum atomic E-state index is -1.02. The van der Waals surface area contributed by atoms with Gasteiger partial charge in [0.25, 0.3) is 0 Å². The van der Waals surface area contributed by atoms with Crippen LogP contribution in [0.2, 0.25) is 0 Å². The summed E-state index contributed by atoms with van der Waals surface area (Å²) in [5, 5.41) is 26.1. The van der Waals surface area contributed by atoms with Crippen LogP contribution in [0.5, 0.6) is 5.75 Å². The van der Waals surface area contributed by atoms with Crippen LogP contribution in [-0.4, -0.2) is 39.3 Å². The molecular formula is C18H28N2O5. The minimum Gasteiger partial charge on any atom is -0.508 e. The molecule has 0 aliphatic heterocycles. The van der Waals surface area contributed by atoms with Gasteiger partial charge in [0.1, 0.15) is 17.8 Å². The molecule has 25 heavy (non-hydrogen) atoms. The molecule has 0 bridgehead atoms. The van der Waals surface area contributed by atoms with E-state index in [-0.39, 0.29) is 12.2 Å². The molecule has 1 aromatic carbocycles. The third kappa shape index (κ3) is 8.51. The normalized spacial score (nSPS) is 17.0. The van der Waals surface area contributed by atoms with E-state index in [1.54, 1.807) is 12.1 Å². The molecule has 1 saturated carbocycles. The number of carboxylic acids is 2. The maximum Gasteiger partial charge on any atom is 0.320 e. The Labute approximate surface area is 147 Å². The molecule has 2 atom stereocenters. The summed E-state index contributed by atoms with van der Waals surface area (Å²) in [5.74, 6) is -1.16. The van der Waals surface area contributed by atoms with Crippen molar-refractivity contribution in [2.75, 3.05) is 0 Å². The average Bonchev–Trinajstić information content (AvgIpc) is 2.58. The molecule has 1 unspecified atom stereocenters. The summed E-state index contributed by atoms with van der Waals surface area (Å²) in [5.41, 5.74) is 11.6. The van der Waals surface area contributed by atoms with Crippen LogP contribution in [0.15, 0.2) is 24.3 Å². The quantitative estimate of drug-likeness (QED) is 0.523. The molecule has 0 spiro atoms. The first kappa shape index (κ1) is 20.9. The zero-order chi connectivity index (χ0) is 18.8. The van der Waals surface area contributed by atoms with E-state index in [0.717, 1.165) is 5.56 Å². The predicted octanol–water partition coefficient (Wildman–Crippen LogP) is 1.72. The fraction of sp³-hybridized carbons (Fsp3) is 0.556. The van der Waals surface area contributed by atoms with Crippen LogP contribution in [0.1, 0.15) is 44.1 Å². The van der Waals surface area contributed by atoms with E-state index in [9.17, 15) is 9.59 Å². The zero-order valence-electron chi connectivity index (χ0n) is 14.3. The second kappa shape index (κ2) is 10.7. The van der Waals surface area contributed by atoms with Crippen molar-refractivity contribution in [3.8, 4) is 5.75 Å². The Balaban J connectivity index is 0.000000251. The number of carbonyl (C=O) groups is 2. The summed E-state index contributed by atoms with van der Waals surface area (Å²) in [6.07, 6.45) is 7.07. The molecule has 7 nitrogen and oxygen atoms in total. The van der Waals surface area contributed by atoms with Crippen LogP contribution >= 0.6 is 0 Å². The fourth-order valence-electron chi connectivity index (χ4n) is 2.86. The second-order valence-corrected chi connectivity index (χ2v) is 6.50. The Morgan fingerprint density at radius 3 is 1.96 bits per heavy atom. The third-order valence-corrected chi connectivity index (χ3v) is 4.34. The van der Waals surface area contributed by atoms with Gasteiger partial charge >= 0.3 is 11.9 Å². The Morgan fingerprint density at radius 2 is 1.48 bits per heavy atom. The van der Waals surface area contributed by atoms with Gasteiger partial charge < -0.3 is 26.8 Å². The largest absolute Gasteiger partial charge is 0.508 e. The summed E-state index contributed by atoms with van der Waals surface area (Å²) in [4.78, 5) is 20.8. The molecular weight excluding hydrogens is 324 g/mol. The smallest absolute Gasteiger partial charge is 0.320 e. The van der Waals surface area contributed by atoms with E-state index >= 15 is 0 Å². The molecule has 1 fully saturated rings. The Hall–Kier alpha value is -2.12. The van der Waals surface area contributed by atoms with Gasteiger partial charge in [-0.1, -0.05) is 44.2 Å². The van der Waals surface area contributed by atoms with Gasteiger partial charge in [0.2, 0.25) is 0 Å². The van der Waals surface area contributed by atoms with Crippen molar-refractivity contribution in [1.29, 1.82) is 0 Å². The maximum atomic E-state index is 10.4. The summed E-state index contributed by atoms with van der Waals surface area (Å²) >= 11 is 0. The Bertz CT molecular complexity index is 541. The lowest BCUT2D eigenvalue weighted by Gasteiger charge is -2.22. The van der Waals surface area contributed by atoms with Crippen molar-refractivity contribution in [3.63, 3.8) is 0 Å². The topological polar surface area (TPSA) is 147 Å². The number of hydrogen-bond donors (Lipinski definition) is 5. The third-order valence-electron chi connectivity index (χ3n) is 4.34. The van der Waals surface area contributed by atoms with Gasteiger partial charge in [-0.25, -0.2) is 0 Å². The van der Waals surface area contributed by atoms with E-state index in [4.69, 9.17) is 26.8 Å². The average molecular weight is 352 g/mol. The monoisotopic (exact) mass is 352 g/mol. The lowest BCUT2D eigenvalue weighted by molar-refractivity contribution is -0.139. The highest BCUT2D eigenvalue weighted by molar-refractivity contribution is 5.73. The van der Waals surface area contributed by atoms with Crippen molar-refractivity contribution < 1.29 is 24.9 Å². The van der Waals surface area contributed by atoms with Crippen molar-refractivity contribution >= 4 is 11.9 Å². The Morgan fingerprint density at radius 1 is 0.960 bits per heavy atom. The van der Waals surface area contributed by atoms with Gasteiger partial charge in [0, 0.05) is 0 Å². The van der Waals surface area contributed by atoms with Crippen LogP contribution < -0.4 is 11.5 Å². The number of phenols is 1. The van der Waals surface area contributed by atoms with Crippen molar-refractivity contribution in [1.82, 2.24) is 0 Å². The first-order valence-corrected chi connectivity index (χ1v) is 8.54. The SMILES string of the molecule is NC(CC1CCCCC1)C(=O)O.N[C@@H](Cc1ccc(O)cc1)C(=O)O. The van der Waals surface area contributed by atoms with E-state index in [1.165, 1.54) is 44.2 Å². The number of carboxylic acid groups (broad SMARTS) is 2. The molecule has 140 valence electrons. The van der Waals surface area contributed by atoms with Crippen molar-refractivity contribution in [3.05, 3.63) is 29.8 Å². The van der Waals surface area contributed by atoms with Crippen LogP contribution in [0.25, 0.3) is 0 Å². The predicted molar refractivity (Wildman–Crippen MR) is 94.2 cm³/mol. The minimum absolute atomic E-state index is 0.160. The number of nitrogens with two attached hydrogens (primary N) is 2. The van der Waals surface area contributed by atoms with E-state index in [1.807, 2.05) is 0 Å². The summed E-state index contributed by atoms with van der Waals surface area (Å²) < 4.78 is 0. The van der Waals surface area contributed by atoms with Crippen LogP contribution in [0, 0.1) is 5.92 Å². The van der Waals surface area contributed by atoms with E-state index in [0.29, 0.717) is 12.3 Å². The number of aliphatic carboxylic acids is 2. The second-order valence-electron chi connectivity index (χ2n) is 6.50. The van der Waals surface area contributed by atoms with Crippen LogP contribution in [0.3, 0.4) is 0 Å².